The SMILES string of the molecule is CC(C#N)S(=O)(=O)N[C@@H](Cc1ccc(O)cc1)C(=O)O. The van der Waals surface area contributed by atoms with Crippen molar-refractivity contribution >= 4 is 16.0 Å². The van der Waals surface area contributed by atoms with Crippen molar-refractivity contribution in [1.29, 1.82) is 5.26 Å². The van der Waals surface area contributed by atoms with Gasteiger partial charge in [0.15, 0.2) is 5.25 Å². The van der Waals surface area contributed by atoms with Crippen molar-refractivity contribution in [3.63, 3.8) is 0 Å². The van der Waals surface area contributed by atoms with Crippen LogP contribution in [-0.2, 0) is 21.2 Å². The van der Waals surface area contributed by atoms with Crippen LogP contribution in [0.2, 0.25) is 0 Å². The van der Waals surface area contributed by atoms with E-state index in [0.717, 1.165) is 0 Å². The summed E-state index contributed by atoms with van der Waals surface area (Å²) in [5, 5.41) is 25.4. The van der Waals surface area contributed by atoms with Gasteiger partial charge in [0, 0.05) is 0 Å². The molecule has 20 heavy (non-hydrogen) atoms. The fourth-order valence-electron chi connectivity index (χ4n) is 1.42. The van der Waals surface area contributed by atoms with Gasteiger partial charge in [0.25, 0.3) is 0 Å². The molecule has 0 aromatic heterocycles. The van der Waals surface area contributed by atoms with Gasteiger partial charge in [0.1, 0.15) is 11.8 Å². The summed E-state index contributed by atoms with van der Waals surface area (Å²) in [6, 6.07) is 5.91. The Balaban J connectivity index is 2.89. The molecule has 0 amide bonds. The number of phenols is 1. The number of benzene rings is 1. The van der Waals surface area contributed by atoms with Crippen molar-refractivity contribution in [2.45, 2.75) is 24.6 Å². The van der Waals surface area contributed by atoms with Gasteiger partial charge in [-0.25, -0.2) is 8.42 Å². The number of aromatic hydroxyl groups is 1. The van der Waals surface area contributed by atoms with Crippen molar-refractivity contribution in [1.82, 2.24) is 4.72 Å². The predicted molar refractivity (Wildman–Crippen MR) is 70.4 cm³/mol. The summed E-state index contributed by atoms with van der Waals surface area (Å²) in [5.41, 5.74) is 0.544. The minimum absolute atomic E-state index is 0.0271. The van der Waals surface area contributed by atoms with Crippen molar-refractivity contribution < 1.29 is 23.4 Å². The van der Waals surface area contributed by atoms with E-state index >= 15 is 0 Å². The van der Waals surface area contributed by atoms with E-state index in [1.165, 1.54) is 31.2 Å². The topological polar surface area (TPSA) is 127 Å². The number of hydrogen-bond donors (Lipinski definition) is 3. The number of carboxylic acid groups (broad SMARTS) is 1. The van der Waals surface area contributed by atoms with Gasteiger partial charge in [-0.1, -0.05) is 12.1 Å². The quantitative estimate of drug-likeness (QED) is 0.689. The number of sulfonamides is 1. The molecule has 108 valence electrons. The highest BCUT2D eigenvalue weighted by Crippen LogP contribution is 2.12. The summed E-state index contributed by atoms with van der Waals surface area (Å²) in [6.45, 7) is 1.17. The van der Waals surface area contributed by atoms with Gasteiger partial charge in [-0.15, -0.1) is 0 Å². The first-order chi connectivity index (χ1) is 9.26. The largest absolute Gasteiger partial charge is 0.508 e. The number of carboxylic acids is 1. The van der Waals surface area contributed by atoms with Crippen LogP contribution in [-0.4, -0.2) is 35.9 Å². The zero-order chi connectivity index (χ0) is 15.3. The molecule has 7 nitrogen and oxygen atoms in total. The van der Waals surface area contributed by atoms with Gasteiger partial charge in [0.05, 0.1) is 6.07 Å². The molecular weight excluding hydrogens is 284 g/mol. The fraction of sp³-hybridized carbons (Fsp3) is 0.333. The monoisotopic (exact) mass is 298 g/mol. The van der Waals surface area contributed by atoms with Crippen LogP contribution >= 0.6 is 0 Å². The van der Waals surface area contributed by atoms with E-state index < -0.39 is 27.3 Å². The maximum atomic E-state index is 11.7. The van der Waals surface area contributed by atoms with Crippen LogP contribution in [0.5, 0.6) is 5.75 Å². The standard InChI is InChI=1S/C12H14N2O5S/c1-8(7-13)20(18,19)14-11(12(16)17)6-9-2-4-10(15)5-3-9/h2-5,8,11,14-15H,6H2,1H3,(H,16,17)/t8?,11-/m0/s1. The molecule has 0 fully saturated rings. The maximum absolute atomic E-state index is 11.7. The highest BCUT2D eigenvalue weighted by atomic mass is 32.2. The Kier molecular flexibility index (Phi) is 5.07. The highest BCUT2D eigenvalue weighted by molar-refractivity contribution is 7.90. The minimum atomic E-state index is -4.02. The van der Waals surface area contributed by atoms with E-state index in [0.29, 0.717) is 5.56 Å². The van der Waals surface area contributed by atoms with E-state index in [4.69, 9.17) is 15.5 Å². The summed E-state index contributed by atoms with van der Waals surface area (Å²) in [5.74, 6) is -1.31. The molecule has 0 bridgehead atoms. The second-order valence-corrected chi connectivity index (χ2v) is 6.23. The molecule has 1 aromatic rings. The molecule has 0 aliphatic heterocycles. The number of phenolic OH excluding ortho intramolecular Hbond substituents is 1. The number of nitrogens with zero attached hydrogens (tertiary/aromatic N) is 1. The molecule has 1 rings (SSSR count). The second kappa shape index (κ2) is 6.36. The van der Waals surface area contributed by atoms with Gasteiger partial charge < -0.3 is 10.2 Å². The Hall–Kier alpha value is -2.11. The Morgan fingerprint density at radius 1 is 1.40 bits per heavy atom. The lowest BCUT2D eigenvalue weighted by molar-refractivity contribution is -0.138. The second-order valence-electron chi connectivity index (χ2n) is 4.20. The molecule has 0 saturated carbocycles. The Morgan fingerprint density at radius 2 is 1.95 bits per heavy atom. The van der Waals surface area contributed by atoms with Crippen LogP contribution in [0.3, 0.4) is 0 Å². The lowest BCUT2D eigenvalue weighted by Gasteiger charge is -2.15. The van der Waals surface area contributed by atoms with Gasteiger partial charge in [0.2, 0.25) is 10.0 Å². The number of nitrogens with one attached hydrogen (secondary N) is 1. The predicted octanol–water partition coefficient (Wildman–Crippen LogP) is 0.219. The zero-order valence-corrected chi connectivity index (χ0v) is 11.5. The summed E-state index contributed by atoms with van der Waals surface area (Å²) < 4.78 is 25.4. The molecule has 0 spiro atoms. The van der Waals surface area contributed by atoms with Crippen LogP contribution in [0.4, 0.5) is 0 Å². The van der Waals surface area contributed by atoms with Gasteiger partial charge >= 0.3 is 5.97 Å². The number of rotatable bonds is 6. The first kappa shape index (κ1) is 15.9. The van der Waals surface area contributed by atoms with E-state index in [-0.39, 0.29) is 12.2 Å². The zero-order valence-electron chi connectivity index (χ0n) is 10.6. The molecule has 3 N–H and O–H groups in total. The van der Waals surface area contributed by atoms with Crippen molar-refractivity contribution in [3.8, 4) is 11.8 Å². The third-order valence-corrected chi connectivity index (χ3v) is 4.28. The van der Waals surface area contributed by atoms with Crippen LogP contribution < -0.4 is 4.72 Å². The Labute approximate surface area is 116 Å². The van der Waals surface area contributed by atoms with E-state index in [1.54, 1.807) is 6.07 Å². The lowest BCUT2D eigenvalue weighted by atomic mass is 10.1. The minimum Gasteiger partial charge on any atom is -0.508 e. The molecule has 0 aliphatic rings. The van der Waals surface area contributed by atoms with Crippen LogP contribution in [0, 0.1) is 11.3 Å². The summed E-state index contributed by atoms with van der Waals surface area (Å²) in [6.07, 6.45) is -0.0903. The van der Waals surface area contributed by atoms with E-state index in [2.05, 4.69) is 0 Å². The van der Waals surface area contributed by atoms with Crippen molar-refractivity contribution in [2.75, 3.05) is 0 Å². The summed E-state index contributed by atoms with van der Waals surface area (Å²) in [4.78, 5) is 11.1. The van der Waals surface area contributed by atoms with Gasteiger partial charge in [-0.2, -0.15) is 9.98 Å². The van der Waals surface area contributed by atoms with Crippen molar-refractivity contribution in [3.05, 3.63) is 29.8 Å². The number of nitriles is 1. The molecule has 1 aromatic carbocycles. The van der Waals surface area contributed by atoms with Gasteiger partial charge in [-0.05, 0) is 31.0 Å². The molecule has 2 atom stereocenters. The van der Waals surface area contributed by atoms with E-state index in [1.807, 2.05) is 4.72 Å². The Bertz CT molecular complexity index is 618. The summed E-state index contributed by atoms with van der Waals surface area (Å²) in [7, 11) is -4.02. The number of hydrogen-bond acceptors (Lipinski definition) is 5. The van der Waals surface area contributed by atoms with Crippen LogP contribution in [0.25, 0.3) is 0 Å². The first-order valence-electron chi connectivity index (χ1n) is 5.67. The Morgan fingerprint density at radius 3 is 2.40 bits per heavy atom. The third kappa shape index (κ3) is 4.22. The first-order valence-corrected chi connectivity index (χ1v) is 7.22. The highest BCUT2D eigenvalue weighted by Gasteiger charge is 2.28. The number of carbonyl (C=O) groups is 1. The molecule has 8 heteroatoms. The fourth-order valence-corrected chi connectivity index (χ4v) is 2.34. The third-order valence-electron chi connectivity index (χ3n) is 2.63. The van der Waals surface area contributed by atoms with Crippen LogP contribution in [0.1, 0.15) is 12.5 Å². The molecule has 1 unspecified atom stereocenters. The molecular formula is C12H14N2O5S. The maximum Gasteiger partial charge on any atom is 0.322 e. The van der Waals surface area contributed by atoms with Crippen molar-refractivity contribution in [2.24, 2.45) is 0 Å². The molecule has 0 radical (unpaired) electrons. The average molecular weight is 298 g/mol. The summed E-state index contributed by atoms with van der Waals surface area (Å²) >= 11 is 0. The normalized spacial score (nSPS) is 14.2. The molecule has 0 aliphatic carbocycles. The van der Waals surface area contributed by atoms with Crippen LogP contribution in [0.15, 0.2) is 24.3 Å². The number of aliphatic carboxylic acids is 1. The lowest BCUT2D eigenvalue weighted by Crippen LogP contribution is -2.45. The molecule has 0 saturated heterocycles. The molecule has 0 heterocycles. The van der Waals surface area contributed by atoms with E-state index in [9.17, 15) is 13.2 Å². The van der Waals surface area contributed by atoms with Gasteiger partial charge in [-0.3, -0.25) is 4.79 Å². The smallest absolute Gasteiger partial charge is 0.322 e. The average Bonchev–Trinajstić information content (AvgIpc) is 2.39.